The number of rotatable bonds is 6. The molecular formula is C19H19N5O2S2. The van der Waals surface area contributed by atoms with E-state index in [2.05, 4.69) is 20.9 Å². The average molecular weight is 414 g/mol. The van der Waals surface area contributed by atoms with E-state index in [1.165, 1.54) is 11.8 Å². The van der Waals surface area contributed by atoms with Gasteiger partial charge in [0, 0.05) is 17.6 Å². The van der Waals surface area contributed by atoms with Gasteiger partial charge in [0.2, 0.25) is 5.91 Å². The Bertz CT molecular complexity index is 1040. The van der Waals surface area contributed by atoms with Crippen LogP contribution in [0.4, 0.5) is 5.69 Å². The van der Waals surface area contributed by atoms with E-state index < -0.39 is 0 Å². The molecule has 0 spiro atoms. The summed E-state index contributed by atoms with van der Waals surface area (Å²) in [6.07, 6.45) is 1.62. The van der Waals surface area contributed by atoms with Gasteiger partial charge in [-0.05, 0) is 61.9 Å². The Morgan fingerprint density at radius 2 is 2.00 bits per heavy atom. The number of anilines is 1. The van der Waals surface area contributed by atoms with Gasteiger partial charge in [-0.15, -0.1) is 10.2 Å². The summed E-state index contributed by atoms with van der Waals surface area (Å²) in [5.41, 5.74) is 3.51. The maximum Gasteiger partial charge on any atom is 0.234 e. The van der Waals surface area contributed by atoms with Crippen molar-refractivity contribution in [1.82, 2.24) is 14.8 Å². The minimum Gasteiger partial charge on any atom is -0.469 e. The number of carbonyl (C=O) groups excluding carboxylic acids is 1. The van der Waals surface area contributed by atoms with Crippen LogP contribution in [0, 0.1) is 31.4 Å². The molecule has 0 saturated carbocycles. The van der Waals surface area contributed by atoms with E-state index in [1.807, 2.05) is 50.6 Å². The van der Waals surface area contributed by atoms with Crippen molar-refractivity contribution in [3.05, 3.63) is 41.3 Å². The van der Waals surface area contributed by atoms with E-state index in [-0.39, 0.29) is 11.7 Å². The monoisotopic (exact) mass is 413 g/mol. The van der Waals surface area contributed by atoms with Crippen molar-refractivity contribution in [1.29, 1.82) is 5.26 Å². The van der Waals surface area contributed by atoms with Crippen molar-refractivity contribution < 1.29 is 9.21 Å². The van der Waals surface area contributed by atoms with Gasteiger partial charge < -0.3 is 14.3 Å². The van der Waals surface area contributed by atoms with Crippen LogP contribution >= 0.6 is 23.5 Å². The summed E-state index contributed by atoms with van der Waals surface area (Å²) < 4.78 is 7.17. The zero-order chi connectivity index (χ0) is 20.3. The molecule has 0 saturated heterocycles. The first-order chi connectivity index (χ1) is 13.4. The second-order valence-corrected chi connectivity index (χ2v) is 8.02. The number of hydrogen-bond acceptors (Lipinski definition) is 7. The summed E-state index contributed by atoms with van der Waals surface area (Å²) in [6.45, 7) is 5.70. The fourth-order valence-corrected chi connectivity index (χ4v) is 4.12. The highest BCUT2D eigenvalue weighted by Gasteiger charge is 2.16. The molecule has 3 aromatic rings. The normalized spacial score (nSPS) is 10.7. The fourth-order valence-electron chi connectivity index (χ4n) is 2.83. The standard InChI is InChI=1S/C19H19N5O2S2/c1-11-7-14(28-10-20)8-12(2)17(11)21-16(25)9-27-19-23-22-18(24(19)4)15-5-6-26-13(15)3/h5-8H,9H2,1-4H3,(H,21,25). The molecule has 2 aromatic heterocycles. The van der Waals surface area contributed by atoms with Crippen LogP contribution in [0.25, 0.3) is 11.4 Å². The van der Waals surface area contributed by atoms with Crippen molar-refractivity contribution in [3.8, 4) is 16.8 Å². The quantitative estimate of drug-likeness (QED) is 0.475. The maximum atomic E-state index is 12.4. The van der Waals surface area contributed by atoms with Crippen LogP contribution in [-0.4, -0.2) is 26.4 Å². The number of carbonyl (C=O) groups is 1. The van der Waals surface area contributed by atoms with Gasteiger partial charge in [-0.1, -0.05) is 11.8 Å². The van der Waals surface area contributed by atoms with Gasteiger partial charge in [-0.2, -0.15) is 5.26 Å². The molecule has 2 heterocycles. The van der Waals surface area contributed by atoms with Crippen LogP contribution < -0.4 is 5.32 Å². The summed E-state index contributed by atoms with van der Waals surface area (Å²) in [4.78, 5) is 13.3. The largest absolute Gasteiger partial charge is 0.469 e. The van der Waals surface area contributed by atoms with Crippen LogP contribution in [0.1, 0.15) is 16.9 Å². The lowest BCUT2D eigenvalue weighted by Crippen LogP contribution is -2.16. The molecule has 28 heavy (non-hydrogen) atoms. The molecule has 1 amide bonds. The van der Waals surface area contributed by atoms with Crippen LogP contribution in [0.5, 0.6) is 0 Å². The van der Waals surface area contributed by atoms with Crippen molar-refractivity contribution in [2.45, 2.75) is 30.8 Å². The molecule has 0 aliphatic carbocycles. The number of benzene rings is 1. The molecule has 0 bridgehead atoms. The smallest absolute Gasteiger partial charge is 0.234 e. The van der Waals surface area contributed by atoms with E-state index in [0.29, 0.717) is 11.0 Å². The number of amides is 1. The van der Waals surface area contributed by atoms with Gasteiger partial charge in [-0.25, -0.2) is 0 Å². The number of thioether (sulfide) groups is 2. The van der Waals surface area contributed by atoms with Gasteiger partial charge in [-0.3, -0.25) is 4.79 Å². The number of nitrogens with zero attached hydrogens (tertiary/aromatic N) is 4. The van der Waals surface area contributed by atoms with Crippen molar-refractivity contribution in [3.63, 3.8) is 0 Å². The van der Waals surface area contributed by atoms with Crippen molar-refractivity contribution in [2.75, 3.05) is 11.1 Å². The number of thiocyanates is 1. The fraction of sp³-hybridized carbons (Fsp3) is 0.263. The second-order valence-electron chi connectivity index (χ2n) is 6.22. The molecule has 0 atom stereocenters. The summed E-state index contributed by atoms with van der Waals surface area (Å²) in [7, 11) is 1.86. The number of aromatic nitrogens is 3. The Kier molecular flexibility index (Phi) is 6.11. The molecule has 1 N–H and O–H groups in total. The van der Waals surface area contributed by atoms with Crippen molar-refractivity contribution >= 4 is 35.1 Å². The first-order valence-electron chi connectivity index (χ1n) is 8.44. The van der Waals surface area contributed by atoms with E-state index in [4.69, 9.17) is 9.68 Å². The predicted octanol–water partition coefficient (Wildman–Crippen LogP) is 4.30. The highest BCUT2D eigenvalue weighted by molar-refractivity contribution is 8.03. The number of nitriles is 1. The highest BCUT2D eigenvalue weighted by Crippen LogP contribution is 2.29. The third kappa shape index (κ3) is 4.24. The molecule has 9 heteroatoms. The van der Waals surface area contributed by atoms with E-state index in [0.717, 1.165) is 44.8 Å². The van der Waals surface area contributed by atoms with Crippen LogP contribution in [0.2, 0.25) is 0 Å². The van der Waals surface area contributed by atoms with Gasteiger partial charge in [0.05, 0.1) is 17.6 Å². The van der Waals surface area contributed by atoms with Gasteiger partial charge in [0.15, 0.2) is 11.0 Å². The highest BCUT2D eigenvalue weighted by atomic mass is 32.2. The lowest BCUT2D eigenvalue weighted by atomic mass is 10.1. The molecule has 0 aliphatic heterocycles. The summed E-state index contributed by atoms with van der Waals surface area (Å²) >= 11 is 2.43. The molecule has 0 unspecified atom stereocenters. The Morgan fingerprint density at radius 3 is 2.61 bits per heavy atom. The number of furan rings is 1. The average Bonchev–Trinajstić information content (AvgIpc) is 3.22. The van der Waals surface area contributed by atoms with Crippen LogP contribution in [-0.2, 0) is 11.8 Å². The van der Waals surface area contributed by atoms with E-state index in [9.17, 15) is 4.79 Å². The third-order valence-electron chi connectivity index (χ3n) is 4.20. The summed E-state index contributed by atoms with van der Waals surface area (Å²) in [6, 6.07) is 5.64. The van der Waals surface area contributed by atoms with Crippen LogP contribution in [0.15, 0.2) is 38.9 Å². The topological polar surface area (TPSA) is 96.7 Å². The molecule has 1 aromatic carbocycles. The molecule has 0 aliphatic rings. The lowest BCUT2D eigenvalue weighted by Gasteiger charge is -2.12. The Labute approximate surface area is 171 Å². The third-order valence-corrected chi connectivity index (χ3v) is 5.78. The zero-order valence-corrected chi connectivity index (χ0v) is 17.6. The van der Waals surface area contributed by atoms with E-state index >= 15 is 0 Å². The molecule has 0 radical (unpaired) electrons. The Balaban J connectivity index is 1.67. The van der Waals surface area contributed by atoms with Gasteiger partial charge in [0.25, 0.3) is 0 Å². The lowest BCUT2D eigenvalue weighted by molar-refractivity contribution is -0.113. The first-order valence-corrected chi connectivity index (χ1v) is 10.2. The second kappa shape index (κ2) is 8.54. The molecule has 144 valence electrons. The summed E-state index contributed by atoms with van der Waals surface area (Å²) in [5, 5.41) is 22.9. The molecule has 7 nitrogen and oxygen atoms in total. The number of hydrogen-bond donors (Lipinski definition) is 1. The number of aryl methyl sites for hydroxylation is 3. The number of nitrogens with one attached hydrogen (secondary N) is 1. The minimum atomic E-state index is -0.124. The van der Waals surface area contributed by atoms with Crippen molar-refractivity contribution in [2.24, 2.45) is 7.05 Å². The SMILES string of the molecule is Cc1cc(SC#N)cc(C)c1NC(=O)CSc1nnc(-c2ccoc2C)n1C. The molecular weight excluding hydrogens is 394 g/mol. The molecule has 3 rings (SSSR count). The first kappa shape index (κ1) is 20.0. The maximum absolute atomic E-state index is 12.4. The zero-order valence-electron chi connectivity index (χ0n) is 15.9. The van der Waals surface area contributed by atoms with Gasteiger partial charge >= 0.3 is 0 Å². The predicted molar refractivity (Wildman–Crippen MR) is 110 cm³/mol. The van der Waals surface area contributed by atoms with Crippen LogP contribution in [0.3, 0.4) is 0 Å². The Morgan fingerprint density at radius 1 is 1.29 bits per heavy atom. The summed E-state index contributed by atoms with van der Waals surface area (Å²) in [5.74, 6) is 1.56. The van der Waals surface area contributed by atoms with Gasteiger partial charge in [0.1, 0.15) is 11.2 Å². The van der Waals surface area contributed by atoms with E-state index in [1.54, 1.807) is 6.26 Å². The Hall–Kier alpha value is -2.70. The minimum absolute atomic E-state index is 0.124. The molecule has 0 fully saturated rings.